The Morgan fingerprint density at radius 1 is 1.29 bits per heavy atom. The van der Waals surface area contributed by atoms with E-state index >= 15 is 0 Å². The van der Waals surface area contributed by atoms with E-state index in [-0.39, 0.29) is 5.60 Å². The molecule has 0 bridgehead atoms. The molecule has 1 aromatic carbocycles. The lowest BCUT2D eigenvalue weighted by Crippen LogP contribution is -2.47. The average Bonchev–Trinajstić information content (AvgIpc) is 2.25. The first-order valence-electron chi connectivity index (χ1n) is 5.84. The van der Waals surface area contributed by atoms with Gasteiger partial charge < -0.3 is 0 Å². The van der Waals surface area contributed by atoms with Gasteiger partial charge in [-0.2, -0.15) is 0 Å². The summed E-state index contributed by atoms with van der Waals surface area (Å²) in [5.41, 5.74) is 2.82. The van der Waals surface area contributed by atoms with Crippen molar-refractivity contribution in [2.45, 2.75) is 39.8 Å². The van der Waals surface area contributed by atoms with Gasteiger partial charge in [0.25, 0.3) is 8.32 Å². The van der Waals surface area contributed by atoms with Crippen molar-refractivity contribution < 1.29 is 9.46 Å². The Balaban J connectivity index is 2.92. The van der Waals surface area contributed by atoms with Crippen LogP contribution >= 0.6 is 0 Å². The summed E-state index contributed by atoms with van der Waals surface area (Å²) in [6.45, 7) is 14.0. The average molecular weight is 250 g/mol. The van der Waals surface area contributed by atoms with Gasteiger partial charge in [-0.1, -0.05) is 35.5 Å². The molecule has 0 aliphatic carbocycles. The second-order valence-electron chi connectivity index (χ2n) is 5.46. The minimum atomic E-state index is -2.20. The van der Waals surface area contributed by atoms with Crippen molar-refractivity contribution in [3.05, 3.63) is 42.1 Å². The zero-order valence-corrected chi connectivity index (χ0v) is 12.4. The molecule has 0 saturated heterocycles. The van der Waals surface area contributed by atoms with Crippen molar-refractivity contribution in [3.8, 4) is 0 Å². The van der Waals surface area contributed by atoms with Gasteiger partial charge in [-0.15, -0.1) is 6.58 Å². The van der Waals surface area contributed by atoms with E-state index in [4.69, 9.17) is 9.46 Å². The molecule has 1 unspecified atom stereocenters. The van der Waals surface area contributed by atoms with Crippen molar-refractivity contribution >= 4 is 13.5 Å². The van der Waals surface area contributed by atoms with Crippen molar-refractivity contribution in [1.29, 1.82) is 0 Å². The van der Waals surface area contributed by atoms with Crippen LogP contribution in [0.5, 0.6) is 0 Å². The number of aryl methyl sites for hydroxylation is 1. The van der Waals surface area contributed by atoms with Gasteiger partial charge in [-0.3, -0.25) is 4.58 Å². The Bertz CT molecular complexity index is 395. The van der Waals surface area contributed by atoms with E-state index in [1.165, 1.54) is 10.8 Å². The third-order valence-electron chi connectivity index (χ3n) is 2.45. The predicted molar refractivity (Wildman–Crippen MR) is 74.6 cm³/mol. The van der Waals surface area contributed by atoms with Gasteiger partial charge in [-0.05, 0) is 39.4 Å². The topological polar surface area (TPSA) is 18.5 Å². The van der Waals surface area contributed by atoms with Crippen LogP contribution in [0.25, 0.3) is 0 Å². The molecule has 0 saturated carbocycles. The van der Waals surface area contributed by atoms with Gasteiger partial charge in [0, 0.05) is 0 Å². The third kappa shape index (κ3) is 4.11. The summed E-state index contributed by atoms with van der Waals surface area (Å²) in [4.78, 5) is 5.47. The first-order chi connectivity index (χ1) is 7.77. The Morgan fingerprint density at radius 2 is 1.94 bits per heavy atom. The monoisotopic (exact) mass is 250 g/mol. The first kappa shape index (κ1) is 14.2. The van der Waals surface area contributed by atoms with Crippen LogP contribution < -0.4 is 5.19 Å². The fraction of sp³-hybridized carbons (Fsp3) is 0.429. The van der Waals surface area contributed by atoms with Crippen molar-refractivity contribution in [2.75, 3.05) is 0 Å². The van der Waals surface area contributed by atoms with Gasteiger partial charge in [0.05, 0.1) is 5.60 Å². The van der Waals surface area contributed by atoms with Crippen LogP contribution in [0.2, 0.25) is 6.55 Å². The molecule has 0 heterocycles. The molecule has 2 nitrogen and oxygen atoms in total. The summed E-state index contributed by atoms with van der Waals surface area (Å²) in [5, 5.41) is 1.18. The van der Waals surface area contributed by atoms with Crippen LogP contribution in [0.1, 0.15) is 26.3 Å². The molecule has 3 heteroatoms. The summed E-state index contributed by atoms with van der Waals surface area (Å²) in [6.07, 6.45) is 0. The number of hydrogen-bond donors (Lipinski definition) is 0. The molecule has 17 heavy (non-hydrogen) atoms. The van der Waals surface area contributed by atoms with Crippen LogP contribution in [0.4, 0.5) is 0 Å². The maximum absolute atomic E-state index is 5.71. The van der Waals surface area contributed by atoms with Crippen LogP contribution in [0, 0.1) is 6.92 Å². The van der Waals surface area contributed by atoms with Gasteiger partial charge >= 0.3 is 0 Å². The highest BCUT2D eigenvalue weighted by Crippen LogP contribution is 2.15. The summed E-state index contributed by atoms with van der Waals surface area (Å²) in [7, 11) is -2.20. The number of rotatable bonds is 4. The Hall–Kier alpha value is -0.903. The van der Waals surface area contributed by atoms with E-state index in [0.29, 0.717) is 0 Å². The standard InChI is InChI=1S/C14H22O2Si/c1-7-17(6,16-15-14(3,4)5)13-10-8-9-12(2)11-13/h7-11H,1H2,2-6H3. The lowest BCUT2D eigenvalue weighted by Gasteiger charge is -2.28. The smallest absolute Gasteiger partial charge is 0.275 e. The molecule has 0 aliphatic heterocycles. The molecule has 0 spiro atoms. The molecule has 0 aliphatic rings. The molecule has 0 fully saturated rings. The maximum Gasteiger partial charge on any atom is 0.289 e. The maximum atomic E-state index is 5.71. The van der Waals surface area contributed by atoms with Crippen LogP contribution in [0.15, 0.2) is 36.5 Å². The van der Waals surface area contributed by atoms with Crippen LogP contribution in [-0.4, -0.2) is 13.9 Å². The molecule has 0 radical (unpaired) electrons. The molecule has 1 aromatic rings. The largest absolute Gasteiger partial charge is 0.289 e. The van der Waals surface area contributed by atoms with E-state index in [1.54, 1.807) is 0 Å². The van der Waals surface area contributed by atoms with E-state index in [0.717, 1.165) is 0 Å². The van der Waals surface area contributed by atoms with E-state index < -0.39 is 8.32 Å². The van der Waals surface area contributed by atoms with Gasteiger partial charge in [0.15, 0.2) is 0 Å². The highest BCUT2D eigenvalue weighted by Gasteiger charge is 2.32. The second kappa shape index (κ2) is 5.17. The molecule has 1 atom stereocenters. The highest BCUT2D eigenvalue weighted by molar-refractivity contribution is 6.89. The molecule has 0 amide bonds. The molecular formula is C14H22O2Si. The number of benzene rings is 1. The van der Waals surface area contributed by atoms with E-state index in [9.17, 15) is 0 Å². The summed E-state index contributed by atoms with van der Waals surface area (Å²) in [6, 6.07) is 8.33. The normalized spacial score (nSPS) is 15.4. The SMILES string of the molecule is C=C[Si](C)(OOC(C)(C)C)c1cccc(C)c1. The third-order valence-corrected chi connectivity index (χ3v) is 5.11. The van der Waals surface area contributed by atoms with Crippen LogP contribution in [0.3, 0.4) is 0 Å². The van der Waals surface area contributed by atoms with Gasteiger partial charge in [0.2, 0.25) is 0 Å². The zero-order chi connectivity index (χ0) is 13.1. The minimum Gasteiger partial charge on any atom is -0.275 e. The molecule has 0 N–H and O–H groups in total. The molecular weight excluding hydrogens is 228 g/mol. The number of hydrogen-bond acceptors (Lipinski definition) is 2. The summed E-state index contributed by atoms with van der Waals surface area (Å²) in [5.74, 6) is 0. The molecule has 1 rings (SSSR count). The van der Waals surface area contributed by atoms with Gasteiger partial charge in [-0.25, -0.2) is 4.89 Å². The summed E-state index contributed by atoms with van der Waals surface area (Å²) < 4.78 is 5.71. The van der Waals surface area contributed by atoms with Gasteiger partial charge in [0.1, 0.15) is 0 Å². The quantitative estimate of drug-likeness (QED) is 0.464. The van der Waals surface area contributed by atoms with Crippen molar-refractivity contribution in [2.24, 2.45) is 0 Å². The Morgan fingerprint density at radius 3 is 2.41 bits per heavy atom. The van der Waals surface area contributed by atoms with E-state index in [1.807, 2.05) is 32.5 Å². The van der Waals surface area contributed by atoms with Crippen molar-refractivity contribution in [3.63, 3.8) is 0 Å². The predicted octanol–water partition coefficient (Wildman–Crippen LogP) is 3.25. The molecule has 94 valence electrons. The summed E-state index contributed by atoms with van der Waals surface area (Å²) >= 11 is 0. The lowest BCUT2D eigenvalue weighted by atomic mass is 10.2. The van der Waals surface area contributed by atoms with Crippen molar-refractivity contribution in [1.82, 2.24) is 0 Å². The fourth-order valence-electron chi connectivity index (χ4n) is 1.37. The zero-order valence-electron chi connectivity index (χ0n) is 11.4. The lowest BCUT2D eigenvalue weighted by molar-refractivity contribution is -0.282. The molecule has 0 aromatic heterocycles. The van der Waals surface area contributed by atoms with E-state index in [2.05, 4.69) is 38.2 Å². The Kier molecular flexibility index (Phi) is 4.30. The minimum absolute atomic E-state index is 0.304. The highest BCUT2D eigenvalue weighted by atomic mass is 28.4. The fourth-order valence-corrected chi connectivity index (χ4v) is 3.13. The first-order valence-corrected chi connectivity index (χ1v) is 8.33. The Labute approximate surface area is 105 Å². The second-order valence-corrected chi connectivity index (χ2v) is 8.83. The van der Waals surface area contributed by atoms with Crippen LogP contribution in [-0.2, 0) is 9.46 Å².